The molecule has 0 amide bonds. The van der Waals surface area contributed by atoms with Gasteiger partial charge in [0.1, 0.15) is 11.6 Å². The van der Waals surface area contributed by atoms with Crippen molar-refractivity contribution in [2.45, 2.75) is 18.9 Å². The van der Waals surface area contributed by atoms with Crippen molar-refractivity contribution in [1.82, 2.24) is 15.1 Å². The number of hydrogen-bond donors (Lipinski definition) is 0. The molecule has 4 rings (SSSR count). The van der Waals surface area contributed by atoms with Crippen LogP contribution in [0.2, 0.25) is 0 Å². The van der Waals surface area contributed by atoms with Crippen LogP contribution in [0, 0.1) is 11.6 Å². The van der Waals surface area contributed by atoms with E-state index >= 15 is 0 Å². The van der Waals surface area contributed by atoms with E-state index in [-0.39, 0.29) is 5.92 Å². The predicted octanol–water partition coefficient (Wildman–Crippen LogP) is 4.39. The molecule has 0 radical (unpaired) electrons. The highest BCUT2D eigenvalue weighted by Gasteiger charge is 2.24. The maximum absolute atomic E-state index is 13.8. The molecule has 0 fully saturated rings. The summed E-state index contributed by atoms with van der Waals surface area (Å²) in [5.41, 5.74) is 4.77. The molecule has 0 aliphatic carbocycles. The quantitative estimate of drug-likeness (QED) is 0.686. The minimum atomic E-state index is -0.532. The molecule has 132 valence electrons. The number of hydrogen-bond acceptors (Lipinski definition) is 3. The SMILES string of the molecule is CN1CCC(c2cc(F)cc(F)c2)c2ccc(-c3cccnn3)cc2C1. The van der Waals surface area contributed by atoms with Crippen molar-refractivity contribution in [2.24, 2.45) is 0 Å². The van der Waals surface area contributed by atoms with Gasteiger partial charge in [0.05, 0.1) is 5.69 Å². The third-order valence-electron chi connectivity index (χ3n) is 4.91. The number of benzene rings is 2. The maximum atomic E-state index is 13.8. The summed E-state index contributed by atoms with van der Waals surface area (Å²) in [5.74, 6) is -1.10. The highest BCUT2D eigenvalue weighted by Crippen LogP contribution is 2.36. The van der Waals surface area contributed by atoms with Crippen molar-refractivity contribution >= 4 is 0 Å². The zero-order valence-corrected chi connectivity index (χ0v) is 14.5. The summed E-state index contributed by atoms with van der Waals surface area (Å²) in [6, 6.07) is 13.8. The molecule has 3 nitrogen and oxygen atoms in total. The van der Waals surface area contributed by atoms with Gasteiger partial charge >= 0.3 is 0 Å². The highest BCUT2D eigenvalue weighted by molar-refractivity contribution is 5.61. The molecule has 2 heterocycles. The Balaban J connectivity index is 1.80. The van der Waals surface area contributed by atoms with Crippen LogP contribution in [0.3, 0.4) is 0 Å². The topological polar surface area (TPSA) is 29.0 Å². The van der Waals surface area contributed by atoms with E-state index in [4.69, 9.17) is 0 Å². The van der Waals surface area contributed by atoms with Crippen molar-refractivity contribution in [1.29, 1.82) is 0 Å². The van der Waals surface area contributed by atoms with Crippen LogP contribution >= 0.6 is 0 Å². The first kappa shape index (κ1) is 16.8. The van der Waals surface area contributed by atoms with Crippen LogP contribution < -0.4 is 0 Å². The number of nitrogens with zero attached hydrogens (tertiary/aromatic N) is 3. The molecule has 1 aliphatic heterocycles. The van der Waals surface area contributed by atoms with Gasteiger partial charge in [0.25, 0.3) is 0 Å². The Labute approximate surface area is 151 Å². The van der Waals surface area contributed by atoms with Gasteiger partial charge in [0.2, 0.25) is 0 Å². The van der Waals surface area contributed by atoms with Crippen molar-refractivity contribution in [3.8, 4) is 11.3 Å². The summed E-state index contributed by atoms with van der Waals surface area (Å²) in [5, 5.41) is 8.12. The zero-order chi connectivity index (χ0) is 18.1. The smallest absolute Gasteiger partial charge is 0.126 e. The van der Waals surface area contributed by atoms with E-state index in [1.54, 1.807) is 6.20 Å². The van der Waals surface area contributed by atoms with Gasteiger partial charge in [-0.05, 0) is 67.0 Å². The largest absolute Gasteiger partial charge is 0.302 e. The highest BCUT2D eigenvalue weighted by atomic mass is 19.1. The standard InChI is InChI=1S/C21H19F2N3/c1-26-8-6-20(15-10-17(22)12-18(23)11-15)19-5-4-14(9-16(19)13-26)21-3-2-7-24-25-21/h2-5,7,9-12,20H,6,8,13H2,1H3. The van der Waals surface area contributed by atoms with Crippen molar-refractivity contribution in [3.63, 3.8) is 0 Å². The van der Waals surface area contributed by atoms with Gasteiger partial charge in [0.15, 0.2) is 0 Å². The summed E-state index contributed by atoms with van der Waals surface area (Å²) >= 11 is 0. The molecular weight excluding hydrogens is 332 g/mol. The normalized spacial score (nSPS) is 17.6. The molecular formula is C21H19F2N3. The average Bonchev–Trinajstić information content (AvgIpc) is 2.79. The van der Waals surface area contributed by atoms with E-state index < -0.39 is 11.6 Å². The van der Waals surface area contributed by atoms with E-state index in [0.29, 0.717) is 5.56 Å². The molecule has 1 unspecified atom stereocenters. The molecule has 5 heteroatoms. The molecule has 1 aromatic heterocycles. The van der Waals surface area contributed by atoms with Crippen molar-refractivity contribution in [3.05, 3.63) is 83.1 Å². The van der Waals surface area contributed by atoms with E-state index in [1.807, 2.05) is 18.2 Å². The lowest BCUT2D eigenvalue weighted by Gasteiger charge is -2.19. The Kier molecular flexibility index (Phi) is 4.47. The Morgan fingerprint density at radius 2 is 1.85 bits per heavy atom. The first-order valence-corrected chi connectivity index (χ1v) is 8.65. The van der Waals surface area contributed by atoms with Crippen LogP contribution in [0.25, 0.3) is 11.3 Å². The second kappa shape index (κ2) is 6.92. The van der Waals surface area contributed by atoms with Crippen LogP contribution in [0.5, 0.6) is 0 Å². The van der Waals surface area contributed by atoms with Crippen LogP contribution in [-0.4, -0.2) is 28.7 Å². The fourth-order valence-electron chi connectivity index (χ4n) is 3.69. The third kappa shape index (κ3) is 3.35. The maximum Gasteiger partial charge on any atom is 0.126 e. The molecule has 3 aromatic rings. The third-order valence-corrected chi connectivity index (χ3v) is 4.91. The lowest BCUT2D eigenvalue weighted by molar-refractivity contribution is 0.328. The second-order valence-corrected chi connectivity index (χ2v) is 6.80. The lowest BCUT2D eigenvalue weighted by atomic mass is 9.85. The first-order chi connectivity index (χ1) is 12.6. The fraction of sp³-hybridized carbons (Fsp3) is 0.238. The Bertz CT molecular complexity index is 908. The summed E-state index contributed by atoms with van der Waals surface area (Å²) < 4.78 is 27.5. The Hall–Kier alpha value is -2.66. The van der Waals surface area contributed by atoms with Gasteiger partial charge in [-0.3, -0.25) is 0 Å². The monoisotopic (exact) mass is 351 g/mol. The van der Waals surface area contributed by atoms with Gasteiger partial charge < -0.3 is 4.90 Å². The van der Waals surface area contributed by atoms with E-state index in [1.165, 1.54) is 12.1 Å². The summed E-state index contributed by atoms with van der Waals surface area (Å²) in [7, 11) is 2.06. The van der Waals surface area contributed by atoms with Gasteiger partial charge in [0, 0.05) is 30.3 Å². The minimum Gasteiger partial charge on any atom is -0.302 e. The Morgan fingerprint density at radius 1 is 1.04 bits per heavy atom. The van der Waals surface area contributed by atoms with E-state index in [9.17, 15) is 8.78 Å². The number of aromatic nitrogens is 2. The average molecular weight is 351 g/mol. The summed E-state index contributed by atoms with van der Waals surface area (Å²) in [6.07, 6.45) is 2.46. The molecule has 0 N–H and O–H groups in total. The van der Waals surface area contributed by atoms with E-state index in [0.717, 1.165) is 48.0 Å². The number of rotatable bonds is 2. The lowest BCUT2D eigenvalue weighted by Crippen LogP contribution is -2.17. The molecule has 1 aliphatic rings. The number of fused-ring (bicyclic) bond motifs is 1. The minimum absolute atomic E-state index is 0.0314. The van der Waals surface area contributed by atoms with Crippen molar-refractivity contribution in [2.75, 3.05) is 13.6 Å². The molecule has 26 heavy (non-hydrogen) atoms. The molecule has 1 atom stereocenters. The van der Waals surface area contributed by atoms with Gasteiger partial charge in [-0.25, -0.2) is 8.78 Å². The van der Waals surface area contributed by atoms with Crippen molar-refractivity contribution < 1.29 is 8.78 Å². The van der Waals surface area contributed by atoms with Crippen LogP contribution in [0.4, 0.5) is 8.78 Å². The zero-order valence-electron chi connectivity index (χ0n) is 14.5. The summed E-state index contributed by atoms with van der Waals surface area (Å²) in [6.45, 7) is 1.65. The van der Waals surface area contributed by atoms with E-state index in [2.05, 4.69) is 34.3 Å². The van der Waals surface area contributed by atoms with Gasteiger partial charge in [-0.1, -0.05) is 12.1 Å². The second-order valence-electron chi connectivity index (χ2n) is 6.80. The molecule has 2 aromatic carbocycles. The molecule has 0 spiro atoms. The molecule has 0 saturated heterocycles. The van der Waals surface area contributed by atoms with Gasteiger partial charge in [-0.2, -0.15) is 10.2 Å². The Morgan fingerprint density at radius 3 is 2.58 bits per heavy atom. The molecule has 0 saturated carbocycles. The fourth-order valence-corrected chi connectivity index (χ4v) is 3.69. The van der Waals surface area contributed by atoms with Crippen LogP contribution in [0.15, 0.2) is 54.7 Å². The predicted molar refractivity (Wildman–Crippen MR) is 96.6 cm³/mol. The van der Waals surface area contributed by atoms with Crippen LogP contribution in [-0.2, 0) is 6.54 Å². The number of halogens is 2. The molecule has 0 bridgehead atoms. The van der Waals surface area contributed by atoms with Crippen LogP contribution in [0.1, 0.15) is 29.0 Å². The summed E-state index contributed by atoms with van der Waals surface area (Å²) in [4.78, 5) is 2.23. The first-order valence-electron chi connectivity index (χ1n) is 8.65. The van der Waals surface area contributed by atoms with Gasteiger partial charge in [-0.15, -0.1) is 0 Å².